The van der Waals surface area contributed by atoms with Crippen LogP contribution in [0.1, 0.15) is 27.7 Å². The predicted molar refractivity (Wildman–Crippen MR) is 96.7 cm³/mol. The Morgan fingerprint density at radius 3 is 1.68 bits per heavy atom. The number of nitrogens with two attached hydrogens (primary N) is 1. The third kappa shape index (κ3) is 7.76. The molecule has 12 heteroatoms. The zero-order valence-corrected chi connectivity index (χ0v) is 16.2. The summed E-state index contributed by atoms with van der Waals surface area (Å²) in [6.45, 7) is 4.75. The Bertz CT molecular complexity index is 567. The van der Waals surface area contributed by atoms with Crippen LogP contribution in [-0.2, 0) is 19.2 Å². The number of aliphatic hydroxyl groups is 3. The third-order valence-electron chi connectivity index (χ3n) is 3.93. The highest BCUT2D eigenvalue weighted by atomic mass is 16.4. The number of amides is 3. The van der Waals surface area contributed by atoms with Gasteiger partial charge in [0.15, 0.2) is 0 Å². The molecule has 12 nitrogen and oxygen atoms in total. The lowest BCUT2D eigenvalue weighted by molar-refractivity contribution is -0.144. The van der Waals surface area contributed by atoms with Gasteiger partial charge in [-0.2, -0.15) is 0 Å². The van der Waals surface area contributed by atoms with Gasteiger partial charge in [0.05, 0.1) is 18.8 Å². The number of aliphatic hydroxyl groups excluding tert-OH is 3. The average Bonchev–Trinajstić information content (AvgIpc) is 2.59. The van der Waals surface area contributed by atoms with E-state index in [2.05, 4.69) is 16.0 Å². The van der Waals surface area contributed by atoms with Crippen molar-refractivity contribution in [1.29, 1.82) is 0 Å². The summed E-state index contributed by atoms with van der Waals surface area (Å²) in [5.41, 5.74) is 5.44. The SMILES string of the molecule is CC(C)C(NC(=O)C(NC(=O)C(CO)NC(=O)C(N)C(C)O)C(C)O)C(=O)O. The second-order valence-electron chi connectivity index (χ2n) is 6.81. The molecule has 0 aromatic heterocycles. The molecule has 0 aromatic carbocycles. The first-order valence-electron chi connectivity index (χ1n) is 8.69. The Morgan fingerprint density at radius 1 is 0.821 bits per heavy atom. The molecule has 0 saturated carbocycles. The first kappa shape index (κ1) is 25.7. The van der Waals surface area contributed by atoms with E-state index in [-0.39, 0.29) is 0 Å². The molecule has 0 aromatic rings. The molecule has 0 aliphatic rings. The lowest BCUT2D eigenvalue weighted by Gasteiger charge is -2.26. The summed E-state index contributed by atoms with van der Waals surface area (Å²) in [6, 6.07) is -5.64. The first-order chi connectivity index (χ1) is 12.8. The number of hydrogen-bond donors (Lipinski definition) is 8. The van der Waals surface area contributed by atoms with E-state index in [9.17, 15) is 34.5 Å². The standard InChI is InChI=1S/C16H30N4O8/c1-6(2)11(16(27)28)19-15(26)12(8(4)23)20-13(24)9(5-21)18-14(25)10(17)7(3)22/h6-12,21-23H,5,17H2,1-4H3,(H,18,25)(H,19,26)(H,20,24)(H,27,28). The maximum atomic E-state index is 12.3. The van der Waals surface area contributed by atoms with Gasteiger partial charge in [-0.05, 0) is 19.8 Å². The fraction of sp³-hybridized carbons (Fsp3) is 0.750. The summed E-state index contributed by atoms with van der Waals surface area (Å²) < 4.78 is 0. The number of rotatable bonds is 11. The summed E-state index contributed by atoms with van der Waals surface area (Å²) >= 11 is 0. The molecule has 0 heterocycles. The van der Waals surface area contributed by atoms with Crippen LogP contribution in [0.2, 0.25) is 0 Å². The Labute approximate surface area is 162 Å². The molecular formula is C16H30N4O8. The highest BCUT2D eigenvalue weighted by molar-refractivity contribution is 5.94. The molecule has 6 atom stereocenters. The lowest BCUT2D eigenvalue weighted by atomic mass is 10.0. The first-order valence-corrected chi connectivity index (χ1v) is 8.69. The number of carboxylic acid groups (broad SMARTS) is 1. The predicted octanol–water partition coefficient (Wildman–Crippen LogP) is -3.74. The van der Waals surface area contributed by atoms with Crippen molar-refractivity contribution in [3.05, 3.63) is 0 Å². The van der Waals surface area contributed by atoms with E-state index in [4.69, 9.17) is 10.8 Å². The van der Waals surface area contributed by atoms with Gasteiger partial charge in [0.25, 0.3) is 0 Å². The number of carboxylic acids is 1. The van der Waals surface area contributed by atoms with Gasteiger partial charge in [-0.3, -0.25) is 14.4 Å². The van der Waals surface area contributed by atoms with Crippen molar-refractivity contribution in [3.63, 3.8) is 0 Å². The van der Waals surface area contributed by atoms with Gasteiger partial charge < -0.3 is 42.1 Å². The van der Waals surface area contributed by atoms with Crippen LogP contribution in [0.25, 0.3) is 0 Å². The molecule has 0 aliphatic carbocycles. The van der Waals surface area contributed by atoms with Gasteiger partial charge in [0.2, 0.25) is 17.7 Å². The second-order valence-corrected chi connectivity index (χ2v) is 6.81. The highest BCUT2D eigenvalue weighted by Crippen LogP contribution is 2.04. The average molecular weight is 406 g/mol. The van der Waals surface area contributed by atoms with E-state index in [1.807, 2.05) is 0 Å². The van der Waals surface area contributed by atoms with Crippen molar-refractivity contribution in [2.75, 3.05) is 6.61 Å². The van der Waals surface area contributed by atoms with Gasteiger partial charge in [-0.1, -0.05) is 13.8 Å². The van der Waals surface area contributed by atoms with Crippen LogP contribution in [0, 0.1) is 5.92 Å². The van der Waals surface area contributed by atoms with Crippen LogP contribution in [0.3, 0.4) is 0 Å². The second kappa shape index (κ2) is 11.5. The minimum Gasteiger partial charge on any atom is -0.480 e. The summed E-state index contributed by atoms with van der Waals surface area (Å²) in [5.74, 6) is -4.61. The van der Waals surface area contributed by atoms with Crippen LogP contribution in [0.5, 0.6) is 0 Å². The topological polar surface area (TPSA) is 211 Å². The lowest BCUT2D eigenvalue weighted by Crippen LogP contribution is -2.61. The Balaban J connectivity index is 5.20. The molecule has 6 unspecified atom stereocenters. The monoisotopic (exact) mass is 406 g/mol. The molecular weight excluding hydrogens is 376 g/mol. The molecule has 0 radical (unpaired) electrons. The van der Waals surface area contributed by atoms with E-state index in [0.717, 1.165) is 0 Å². The highest BCUT2D eigenvalue weighted by Gasteiger charge is 2.33. The summed E-state index contributed by atoms with van der Waals surface area (Å²) in [6.07, 6.45) is -2.61. The number of carbonyl (C=O) groups is 4. The van der Waals surface area contributed by atoms with E-state index in [0.29, 0.717) is 0 Å². The van der Waals surface area contributed by atoms with Crippen LogP contribution in [0.4, 0.5) is 0 Å². The molecule has 28 heavy (non-hydrogen) atoms. The maximum Gasteiger partial charge on any atom is 0.326 e. The van der Waals surface area contributed by atoms with Crippen molar-refractivity contribution >= 4 is 23.7 Å². The van der Waals surface area contributed by atoms with Crippen LogP contribution in [-0.4, -0.2) is 87.1 Å². The molecule has 0 bridgehead atoms. The summed E-state index contributed by atoms with van der Waals surface area (Å²) in [5, 5.41) is 44.0. The largest absolute Gasteiger partial charge is 0.480 e. The molecule has 0 saturated heterocycles. The minimum absolute atomic E-state index is 0.460. The van der Waals surface area contributed by atoms with Gasteiger partial charge in [-0.25, -0.2) is 4.79 Å². The van der Waals surface area contributed by atoms with E-state index in [1.165, 1.54) is 13.8 Å². The minimum atomic E-state index is -1.54. The van der Waals surface area contributed by atoms with Crippen molar-refractivity contribution in [1.82, 2.24) is 16.0 Å². The van der Waals surface area contributed by atoms with Crippen molar-refractivity contribution in [2.24, 2.45) is 11.7 Å². The van der Waals surface area contributed by atoms with Gasteiger partial charge >= 0.3 is 5.97 Å². The zero-order chi connectivity index (χ0) is 22.2. The zero-order valence-electron chi connectivity index (χ0n) is 16.2. The van der Waals surface area contributed by atoms with Crippen LogP contribution >= 0.6 is 0 Å². The maximum absolute atomic E-state index is 12.3. The third-order valence-corrected chi connectivity index (χ3v) is 3.93. The van der Waals surface area contributed by atoms with Crippen molar-refractivity contribution in [3.8, 4) is 0 Å². The summed E-state index contributed by atoms with van der Waals surface area (Å²) in [4.78, 5) is 47.6. The van der Waals surface area contributed by atoms with E-state index >= 15 is 0 Å². The number of aliphatic carboxylic acids is 1. The molecule has 3 amide bonds. The van der Waals surface area contributed by atoms with Crippen molar-refractivity contribution < 1.29 is 39.6 Å². The van der Waals surface area contributed by atoms with Gasteiger partial charge in [-0.15, -0.1) is 0 Å². The molecule has 162 valence electrons. The molecule has 0 spiro atoms. The van der Waals surface area contributed by atoms with E-state index in [1.54, 1.807) is 13.8 Å². The van der Waals surface area contributed by atoms with Gasteiger partial charge in [0, 0.05) is 0 Å². The number of nitrogens with one attached hydrogen (secondary N) is 3. The van der Waals surface area contributed by atoms with E-state index < -0.39 is 72.6 Å². The Kier molecular flexibility index (Phi) is 10.6. The fourth-order valence-electron chi connectivity index (χ4n) is 2.10. The molecule has 0 rings (SSSR count). The quantitative estimate of drug-likeness (QED) is 0.169. The fourth-order valence-corrected chi connectivity index (χ4v) is 2.10. The molecule has 9 N–H and O–H groups in total. The van der Waals surface area contributed by atoms with Crippen LogP contribution in [0.15, 0.2) is 0 Å². The Morgan fingerprint density at radius 2 is 1.32 bits per heavy atom. The smallest absolute Gasteiger partial charge is 0.326 e. The Hall–Kier alpha value is -2.28. The molecule has 0 aliphatic heterocycles. The molecule has 0 fully saturated rings. The number of carbonyl (C=O) groups excluding carboxylic acids is 3. The van der Waals surface area contributed by atoms with Gasteiger partial charge in [0.1, 0.15) is 24.2 Å². The number of hydrogen-bond acceptors (Lipinski definition) is 8. The van der Waals surface area contributed by atoms with Crippen molar-refractivity contribution in [2.45, 2.75) is 64.1 Å². The normalized spacial score (nSPS) is 17.6. The van der Waals surface area contributed by atoms with Crippen LogP contribution < -0.4 is 21.7 Å². The summed E-state index contributed by atoms with van der Waals surface area (Å²) in [7, 11) is 0.